The average Bonchev–Trinajstić information content (AvgIpc) is 3.24. The predicted octanol–water partition coefficient (Wildman–Crippen LogP) is 4.97. The van der Waals surface area contributed by atoms with E-state index in [-0.39, 0.29) is 23.6 Å². The third-order valence-corrected chi connectivity index (χ3v) is 5.13. The number of nitrogens with zero attached hydrogens (tertiary/aromatic N) is 3. The molecule has 0 spiro atoms. The molecule has 7 nitrogen and oxygen atoms in total. The van der Waals surface area contributed by atoms with Gasteiger partial charge >= 0.3 is 5.97 Å². The Labute approximate surface area is 185 Å². The highest BCUT2D eigenvalue weighted by Gasteiger charge is 2.19. The summed E-state index contributed by atoms with van der Waals surface area (Å²) in [5, 5.41) is 25.2. The van der Waals surface area contributed by atoms with E-state index in [4.69, 9.17) is 4.74 Å². The van der Waals surface area contributed by atoms with Crippen molar-refractivity contribution < 1.29 is 19.7 Å². The summed E-state index contributed by atoms with van der Waals surface area (Å²) in [6.45, 7) is 3.80. The van der Waals surface area contributed by atoms with Gasteiger partial charge in [-0.3, -0.25) is 0 Å². The van der Waals surface area contributed by atoms with Gasteiger partial charge in [0.1, 0.15) is 11.5 Å². The molecule has 162 valence electrons. The van der Waals surface area contributed by atoms with Crippen LogP contribution in [0, 0.1) is 0 Å². The van der Waals surface area contributed by atoms with Gasteiger partial charge in [-0.25, -0.2) is 14.5 Å². The van der Waals surface area contributed by atoms with E-state index in [0.717, 1.165) is 6.42 Å². The Morgan fingerprint density at radius 2 is 1.53 bits per heavy atom. The highest BCUT2D eigenvalue weighted by Crippen LogP contribution is 2.33. The van der Waals surface area contributed by atoms with Crippen molar-refractivity contribution in [2.45, 2.75) is 26.4 Å². The van der Waals surface area contributed by atoms with Gasteiger partial charge < -0.3 is 14.9 Å². The first-order valence-electron chi connectivity index (χ1n) is 10.3. The minimum atomic E-state index is -0.389. The van der Waals surface area contributed by atoms with E-state index in [1.807, 2.05) is 13.8 Å². The van der Waals surface area contributed by atoms with Crippen molar-refractivity contribution in [1.29, 1.82) is 0 Å². The lowest BCUT2D eigenvalue weighted by Gasteiger charge is -2.11. The van der Waals surface area contributed by atoms with E-state index < -0.39 is 0 Å². The van der Waals surface area contributed by atoms with Crippen LogP contribution in [0.1, 0.15) is 30.6 Å². The molecule has 0 saturated heterocycles. The smallest absolute Gasteiger partial charge is 0.338 e. The maximum atomic E-state index is 12.3. The molecule has 0 aliphatic carbocycles. The maximum Gasteiger partial charge on any atom is 0.338 e. The van der Waals surface area contributed by atoms with Gasteiger partial charge in [0.05, 0.1) is 28.5 Å². The maximum absolute atomic E-state index is 12.3. The quantitative estimate of drug-likeness (QED) is 0.420. The van der Waals surface area contributed by atoms with Crippen molar-refractivity contribution >= 4 is 5.97 Å². The average molecular weight is 429 g/mol. The molecule has 0 aliphatic heterocycles. The largest absolute Gasteiger partial charge is 0.507 e. The molecule has 2 N–H and O–H groups in total. The Kier molecular flexibility index (Phi) is 5.89. The Hall–Kier alpha value is -4.13. The van der Waals surface area contributed by atoms with Crippen molar-refractivity contribution in [2.24, 2.45) is 0 Å². The number of aromatic nitrogens is 3. The predicted molar refractivity (Wildman–Crippen MR) is 121 cm³/mol. The van der Waals surface area contributed by atoms with Crippen LogP contribution in [0.25, 0.3) is 28.5 Å². The van der Waals surface area contributed by atoms with Gasteiger partial charge in [-0.2, -0.15) is 0 Å². The van der Waals surface area contributed by atoms with Crippen molar-refractivity contribution in [3.63, 3.8) is 0 Å². The molecule has 1 unspecified atom stereocenters. The lowest BCUT2D eigenvalue weighted by molar-refractivity contribution is 0.0334. The first kappa shape index (κ1) is 21.1. The fourth-order valence-electron chi connectivity index (χ4n) is 3.18. The molecular formula is C25H23N3O4. The van der Waals surface area contributed by atoms with Crippen LogP contribution in [0.2, 0.25) is 0 Å². The summed E-state index contributed by atoms with van der Waals surface area (Å²) in [7, 11) is 0. The number of benzene rings is 3. The summed E-state index contributed by atoms with van der Waals surface area (Å²) in [5.41, 5.74) is 2.02. The van der Waals surface area contributed by atoms with Crippen LogP contribution in [0.5, 0.6) is 11.5 Å². The van der Waals surface area contributed by atoms with Crippen LogP contribution >= 0.6 is 0 Å². The van der Waals surface area contributed by atoms with E-state index in [1.165, 1.54) is 0 Å². The van der Waals surface area contributed by atoms with E-state index in [1.54, 1.807) is 77.5 Å². The minimum Gasteiger partial charge on any atom is -0.507 e. The summed E-state index contributed by atoms with van der Waals surface area (Å²) in [5.74, 6) is 0.425. The van der Waals surface area contributed by atoms with E-state index in [2.05, 4.69) is 10.1 Å². The number of esters is 1. The van der Waals surface area contributed by atoms with Gasteiger partial charge in [0.25, 0.3) is 0 Å². The number of aromatic hydroxyl groups is 2. The molecule has 0 aliphatic rings. The van der Waals surface area contributed by atoms with Crippen molar-refractivity contribution in [2.75, 3.05) is 0 Å². The Bertz CT molecular complexity index is 1250. The third-order valence-electron chi connectivity index (χ3n) is 5.13. The molecule has 3 aromatic carbocycles. The van der Waals surface area contributed by atoms with E-state index in [0.29, 0.717) is 34.0 Å². The zero-order chi connectivity index (χ0) is 22.7. The molecule has 0 amide bonds. The second-order valence-electron chi connectivity index (χ2n) is 7.38. The Morgan fingerprint density at radius 3 is 2.12 bits per heavy atom. The molecule has 4 rings (SSSR count). The minimum absolute atomic E-state index is 0.0524. The molecule has 0 radical (unpaired) electrons. The van der Waals surface area contributed by atoms with Crippen LogP contribution in [0.3, 0.4) is 0 Å². The number of hydrogen-bond acceptors (Lipinski definition) is 6. The topological polar surface area (TPSA) is 97.5 Å². The zero-order valence-electron chi connectivity index (χ0n) is 17.8. The fourth-order valence-corrected chi connectivity index (χ4v) is 3.18. The second-order valence-corrected chi connectivity index (χ2v) is 7.38. The molecular weight excluding hydrogens is 406 g/mol. The SMILES string of the molecule is CCC(C)OC(=O)c1ccc(-n2nc(-c3ccccc3O)nc2-c2ccccc2O)cc1. The number of phenols is 2. The van der Waals surface area contributed by atoms with Gasteiger partial charge in [-0.15, -0.1) is 5.10 Å². The van der Waals surface area contributed by atoms with Gasteiger partial charge in [-0.05, 0) is 61.9 Å². The number of rotatable bonds is 6. The molecule has 7 heteroatoms. The van der Waals surface area contributed by atoms with E-state index in [9.17, 15) is 15.0 Å². The molecule has 32 heavy (non-hydrogen) atoms. The molecule has 0 bridgehead atoms. The molecule has 1 heterocycles. The van der Waals surface area contributed by atoms with Crippen molar-refractivity contribution in [1.82, 2.24) is 14.8 Å². The molecule has 1 atom stereocenters. The lowest BCUT2D eigenvalue weighted by Crippen LogP contribution is -2.14. The summed E-state index contributed by atoms with van der Waals surface area (Å²) in [6, 6.07) is 20.4. The molecule has 4 aromatic rings. The van der Waals surface area contributed by atoms with Gasteiger partial charge in [-0.1, -0.05) is 31.2 Å². The van der Waals surface area contributed by atoms with Gasteiger partial charge in [0.15, 0.2) is 11.6 Å². The highest BCUT2D eigenvalue weighted by molar-refractivity contribution is 5.89. The molecule has 1 aromatic heterocycles. The van der Waals surface area contributed by atoms with Crippen LogP contribution < -0.4 is 0 Å². The molecule has 0 saturated carbocycles. The lowest BCUT2D eigenvalue weighted by atomic mass is 10.1. The number of ether oxygens (including phenoxy) is 1. The second kappa shape index (κ2) is 8.93. The summed E-state index contributed by atoms with van der Waals surface area (Å²) < 4.78 is 6.95. The van der Waals surface area contributed by atoms with Crippen molar-refractivity contribution in [3.8, 4) is 40.0 Å². The van der Waals surface area contributed by atoms with Crippen LogP contribution in [0.4, 0.5) is 0 Å². The Balaban J connectivity index is 1.78. The number of carbonyl (C=O) groups excluding carboxylic acids is 1. The Morgan fingerprint density at radius 1 is 0.938 bits per heavy atom. The number of phenolic OH excluding ortho intramolecular Hbond substituents is 2. The summed E-state index contributed by atoms with van der Waals surface area (Å²) in [4.78, 5) is 16.9. The summed E-state index contributed by atoms with van der Waals surface area (Å²) in [6.07, 6.45) is 0.577. The van der Waals surface area contributed by atoms with Crippen LogP contribution in [-0.4, -0.2) is 37.1 Å². The van der Waals surface area contributed by atoms with Crippen LogP contribution in [-0.2, 0) is 4.74 Å². The third kappa shape index (κ3) is 4.18. The fraction of sp³-hybridized carbons (Fsp3) is 0.160. The highest BCUT2D eigenvalue weighted by atomic mass is 16.5. The number of hydrogen-bond donors (Lipinski definition) is 2. The van der Waals surface area contributed by atoms with Gasteiger partial charge in [0.2, 0.25) is 0 Å². The number of para-hydroxylation sites is 2. The molecule has 0 fully saturated rings. The first-order chi connectivity index (χ1) is 15.5. The number of carbonyl (C=O) groups is 1. The van der Waals surface area contributed by atoms with Gasteiger partial charge in [0, 0.05) is 0 Å². The summed E-state index contributed by atoms with van der Waals surface area (Å²) >= 11 is 0. The first-order valence-corrected chi connectivity index (χ1v) is 10.3. The normalized spacial score (nSPS) is 11.8. The standard InChI is InChI=1S/C25H23N3O4/c1-3-16(2)32-25(31)17-12-14-18(15-13-17)28-24(20-9-5-7-11-22(20)30)26-23(27-28)19-8-4-6-10-21(19)29/h4-16,29-30H,3H2,1-2H3. The van der Waals surface area contributed by atoms with Crippen LogP contribution in [0.15, 0.2) is 72.8 Å². The monoisotopic (exact) mass is 429 g/mol. The van der Waals surface area contributed by atoms with E-state index >= 15 is 0 Å². The zero-order valence-corrected chi connectivity index (χ0v) is 17.8. The van der Waals surface area contributed by atoms with Crippen molar-refractivity contribution in [3.05, 3.63) is 78.4 Å².